The van der Waals surface area contributed by atoms with Crippen LogP contribution in [0.1, 0.15) is 24.8 Å². The molecule has 18 heavy (non-hydrogen) atoms. The molecule has 0 spiro atoms. The van der Waals surface area contributed by atoms with E-state index in [1.54, 1.807) is 6.07 Å². The molecule has 1 unspecified atom stereocenters. The molecule has 3 nitrogen and oxygen atoms in total. The zero-order valence-electron chi connectivity index (χ0n) is 10.7. The predicted octanol–water partition coefficient (Wildman–Crippen LogP) is 2.49. The third-order valence-electron chi connectivity index (χ3n) is 3.09. The fourth-order valence-electron chi connectivity index (χ4n) is 2.14. The second-order valence-corrected chi connectivity index (χ2v) is 4.58. The third-order valence-corrected chi connectivity index (χ3v) is 3.09. The SMILES string of the molecule is CNCc1cc(F)ccc1OCC1CCCCO1. The Balaban J connectivity index is 1.94. The molecule has 1 aromatic carbocycles. The van der Waals surface area contributed by atoms with Crippen LogP contribution in [-0.4, -0.2) is 26.4 Å². The minimum absolute atomic E-state index is 0.172. The van der Waals surface area contributed by atoms with Crippen LogP contribution in [0.2, 0.25) is 0 Å². The van der Waals surface area contributed by atoms with Crippen molar-refractivity contribution in [3.63, 3.8) is 0 Å². The Morgan fingerprint density at radius 2 is 2.33 bits per heavy atom. The molecule has 1 aliphatic heterocycles. The van der Waals surface area contributed by atoms with Crippen LogP contribution in [0.5, 0.6) is 5.75 Å². The van der Waals surface area contributed by atoms with Crippen molar-refractivity contribution in [1.82, 2.24) is 5.32 Å². The fourth-order valence-corrected chi connectivity index (χ4v) is 2.14. The summed E-state index contributed by atoms with van der Waals surface area (Å²) >= 11 is 0. The Bertz CT molecular complexity index is 378. The van der Waals surface area contributed by atoms with E-state index in [9.17, 15) is 4.39 Å². The summed E-state index contributed by atoms with van der Waals surface area (Å²) in [5.41, 5.74) is 0.841. The van der Waals surface area contributed by atoms with Crippen molar-refractivity contribution in [3.05, 3.63) is 29.6 Å². The summed E-state index contributed by atoms with van der Waals surface area (Å²) in [6.45, 7) is 1.96. The number of halogens is 1. The van der Waals surface area contributed by atoms with Gasteiger partial charge >= 0.3 is 0 Å². The van der Waals surface area contributed by atoms with E-state index < -0.39 is 0 Å². The second kappa shape index (κ2) is 6.71. The second-order valence-electron chi connectivity index (χ2n) is 4.58. The standard InChI is InChI=1S/C14H20FNO2/c1-16-9-11-8-12(15)5-6-14(11)18-10-13-4-2-3-7-17-13/h5-6,8,13,16H,2-4,7,9-10H2,1H3. The fraction of sp³-hybridized carbons (Fsp3) is 0.571. The van der Waals surface area contributed by atoms with Gasteiger partial charge in [0.25, 0.3) is 0 Å². The average Bonchev–Trinajstić information content (AvgIpc) is 2.39. The van der Waals surface area contributed by atoms with E-state index >= 15 is 0 Å². The summed E-state index contributed by atoms with van der Waals surface area (Å²) in [6.07, 6.45) is 3.55. The molecule has 100 valence electrons. The molecule has 0 aromatic heterocycles. The summed E-state index contributed by atoms with van der Waals surface area (Å²) in [5, 5.41) is 3.01. The Hall–Kier alpha value is -1.13. The maximum atomic E-state index is 13.2. The highest BCUT2D eigenvalue weighted by molar-refractivity contribution is 5.33. The number of benzene rings is 1. The molecule has 2 rings (SSSR count). The summed E-state index contributed by atoms with van der Waals surface area (Å²) in [5.74, 6) is 0.501. The van der Waals surface area contributed by atoms with Gasteiger partial charge in [-0.2, -0.15) is 0 Å². The molecule has 1 heterocycles. The summed E-state index contributed by atoms with van der Waals surface area (Å²) in [6, 6.07) is 4.62. The number of nitrogens with one attached hydrogen (secondary N) is 1. The zero-order valence-corrected chi connectivity index (χ0v) is 10.7. The highest BCUT2D eigenvalue weighted by Crippen LogP contribution is 2.21. The Labute approximate surface area is 107 Å². The first-order valence-electron chi connectivity index (χ1n) is 6.47. The van der Waals surface area contributed by atoms with Crippen LogP contribution in [0.3, 0.4) is 0 Å². The van der Waals surface area contributed by atoms with Gasteiger partial charge in [-0.05, 0) is 44.5 Å². The summed E-state index contributed by atoms with van der Waals surface area (Å²) in [7, 11) is 1.83. The number of hydrogen-bond donors (Lipinski definition) is 1. The van der Waals surface area contributed by atoms with Gasteiger partial charge in [-0.25, -0.2) is 4.39 Å². The molecule has 4 heteroatoms. The van der Waals surface area contributed by atoms with Gasteiger partial charge < -0.3 is 14.8 Å². The largest absolute Gasteiger partial charge is 0.491 e. The van der Waals surface area contributed by atoms with Crippen molar-refractivity contribution >= 4 is 0 Å². The van der Waals surface area contributed by atoms with Gasteiger partial charge in [0, 0.05) is 18.7 Å². The lowest BCUT2D eigenvalue weighted by Crippen LogP contribution is -2.26. The number of hydrogen-bond acceptors (Lipinski definition) is 3. The zero-order chi connectivity index (χ0) is 12.8. The molecule has 0 bridgehead atoms. The van der Waals surface area contributed by atoms with Gasteiger partial charge in [0.2, 0.25) is 0 Å². The molecule has 1 N–H and O–H groups in total. The van der Waals surface area contributed by atoms with Gasteiger partial charge in [-0.3, -0.25) is 0 Å². The van der Waals surface area contributed by atoms with Crippen molar-refractivity contribution in [2.45, 2.75) is 31.9 Å². The molecule has 0 radical (unpaired) electrons. The monoisotopic (exact) mass is 253 g/mol. The normalized spacial score (nSPS) is 19.8. The molecule has 1 atom stereocenters. The first-order chi connectivity index (χ1) is 8.79. The van der Waals surface area contributed by atoms with Gasteiger partial charge in [-0.1, -0.05) is 0 Å². The quantitative estimate of drug-likeness (QED) is 0.874. The highest BCUT2D eigenvalue weighted by atomic mass is 19.1. The van der Waals surface area contributed by atoms with Crippen LogP contribution in [0.15, 0.2) is 18.2 Å². The van der Waals surface area contributed by atoms with Crippen molar-refractivity contribution in [2.75, 3.05) is 20.3 Å². The molecule has 0 amide bonds. The third kappa shape index (κ3) is 3.68. The lowest BCUT2D eigenvalue weighted by atomic mass is 10.1. The summed E-state index contributed by atoms with van der Waals surface area (Å²) < 4.78 is 24.5. The Morgan fingerprint density at radius 1 is 1.44 bits per heavy atom. The number of rotatable bonds is 5. The lowest BCUT2D eigenvalue weighted by Gasteiger charge is -2.23. The van der Waals surface area contributed by atoms with E-state index in [4.69, 9.17) is 9.47 Å². The average molecular weight is 253 g/mol. The minimum atomic E-state index is -0.235. The maximum Gasteiger partial charge on any atom is 0.124 e. The summed E-state index contributed by atoms with van der Waals surface area (Å²) in [4.78, 5) is 0. The molecule has 1 saturated heterocycles. The molecule has 0 saturated carbocycles. The minimum Gasteiger partial charge on any atom is -0.491 e. The van der Waals surface area contributed by atoms with Crippen molar-refractivity contribution in [3.8, 4) is 5.75 Å². The van der Waals surface area contributed by atoms with E-state index in [0.29, 0.717) is 13.2 Å². The van der Waals surface area contributed by atoms with Gasteiger partial charge in [-0.15, -0.1) is 0 Å². The van der Waals surface area contributed by atoms with Crippen LogP contribution in [0.4, 0.5) is 4.39 Å². The van der Waals surface area contributed by atoms with Crippen LogP contribution in [0, 0.1) is 5.82 Å². The van der Waals surface area contributed by atoms with E-state index in [-0.39, 0.29) is 11.9 Å². The van der Waals surface area contributed by atoms with Gasteiger partial charge in [0.1, 0.15) is 18.2 Å². The van der Waals surface area contributed by atoms with Gasteiger partial charge in [0.15, 0.2) is 0 Å². The first-order valence-corrected chi connectivity index (χ1v) is 6.47. The molecule has 0 aliphatic carbocycles. The van der Waals surface area contributed by atoms with Crippen molar-refractivity contribution < 1.29 is 13.9 Å². The Kier molecular flexibility index (Phi) is 4.96. The van der Waals surface area contributed by atoms with Crippen molar-refractivity contribution in [1.29, 1.82) is 0 Å². The topological polar surface area (TPSA) is 30.5 Å². The van der Waals surface area contributed by atoms with E-state index in [0.717, 1.165) is 30.8 Å². The van der Waals surface area contributed by atoms with Crippen LogP contribution < -0.4 is 10.1 Å². The van der Waals surface area contributed by atoms with E-state index in [1.165, 1.54) is 18.6 Å². The maximum absolute atomic E-state index is 13.2. The number of ether oxygens (including phenoxy) is 2. The van der Waals surface area contributed by atoms with Crippen LogP contribution >= 0.6 is 0 Å². The predicted molar refractivity (Wildman–Crippen MR) is 68.2 cm³/mol. The lowest BCUT2D eigenvalue weighted by molar-refractivity contribution is -0.0112. The molecular weight excluding hydrogens is 233 g/mol. The van der Waals surface area contributed by atoms with Crippen molar-refractivity contribution in [2.24, 2.45) is 0 Å². The Morgan fingerprint density at radius 3 is 3.06 bits per heavy atom. The molecule has 1 aliphatic rings. The van der Waals surface area contributed by atoms with E-state index in [1.807, 2.05) is 7.05 Å². The highest BCUT2D eigenvalue weighted by Gasteiger charge is 2.15. The van der Waals surface area contributed by atoms with Crippen LogP contribution in [0.25, 0.3) is 0 Å². The molecular formula is C14H20FNO2. The van der Waals surface area contributed by atoms with E-state index in [2.05, 4.69) is 5.32 Å². The van der Waals surface area contributed by atoms with Crippen LogP contribution in [-0.2, 0) is 11.3 Å². The van der Waals surface area contributed by atoms with Gasteiger partial charge in [0.05, 0.1) is 6.10 Å². The first kappa shape index (κ1) is 13.3. The smallest absolute Gasteiger partial charge is 0.124 e. The molecule has 1 aromatic rings. The molecule has 1 fully saturated rings.